The maximum atomic E-state index is 4.80. The SMILES string of the molecule is CCN(CC)CCNc1nc(-c2ccccc2)nc2sc(C)cc12. The second kappa shape index (κ2) is 7.73. The monoisotopic (exact) mass is 340 g/mol. The summed E-state index contributed by atoms with van der Waals surface area (Å²) in [5, 5.41) is 4.65. The first-order valence-corrected chi connectivity index (χ1v) is 9.32. The normalized spacial score (nSPS) is 11.3. The first kappa shape index (κ1) is 16.9. The van der Waals surface area contributed by atoms with Gasteiger partial charge < -0.3 is 10.2 Å². The third-order valence-corrected chi connectivity index (χ3v) is 5.11. The molecule has 5 heteroatoms. The fourth-order valence-corrected chi connectivity index (χ4v) is 3.64. The number of nitrogens with one attached hydrogen (secondary N) is 1. The molecule has 0 atom stereocenters. The molecule has 0 unspecified atom stereocenters. The summed E-state index contributed by atoms with van der Waals surface area (Å²) in [4.78, 5) is 14.3. The highest BCUT2D eigenvalue weighted by Crippen LogP contribution is 2.30. The Kier molecular flexibility index (Phi) is 5.43. The third-order valence-electron chi connectivity index (χ3n) is 4.16. The van der Waals surface area contributed by atoms with Gasteiger partial charge in [0, 0.05) is 23.5 Å². The molecule has 0 aliphatic rings. The van der Waals surface area contributed by atoms with Crippen LogP contribution in [-0.4, -0.2) is 41.0 Å². The average molecular weight is 340 g/mol. The summed E-state index contributed by atoms with van der Waals surface area (Å²) in [7, 11) is 0. The topological polar surface area (TPSA) is 41.0 Å². The molecule has 0 aliphatic carbocycles. The van der Waals surface area contributed by atoms with E-state index in [2.05, 4.69) is 49.2 Å². The molecular weight excluding hydrogens is 316 g/mol. The number of hydrogen-bond donors (Lipinski definition) is 1. The van der Waals surface area contributed by atoms with Crippen molar-refractivity contribution in [3.8, 4) is 11.4 Å². The Hall–Kier alpha value is -1.98. The molecule has 0 spiro atoms. The van der Waals surface area contributed by atoms with Crippen molar-refractivity contribution in [1.82, 2.24) is 14.9 Å². The summed E-state index contributed by atoms with van der Waals surface area (Å²) >= 11 is 1.72. The lowest BCUT2D eigenvalue weighted by molar-refractivity contribution is 0.316. The van der Waals surface area contributed by atoms with Crippen molar-refractivity contribution < 1.29 is 0 Å². The van der Waals surface area contributed by atoms with E-state index >= 15 is 0 Å². The predicted octanol–water partition coefficient (Wildman–Crippen LogP) is 4.42. The summed E-state index contributed by atoms with van der Waals surface area (Å²) in [5.41, 5.74) is 1.05. The van der Waals surface area contributed by atoms with Gasteiger partial charge in [-0.3, -0.25) is 0 Å². The number of rotatable bonds is 7. The molecule has 126 valence electrons. The second-order valence-corrected chi connectivity index (χ2v) is 7.03. The Morgan fingerprint density at radius 3 is 2.54 bits per heavy atom. The maximum Gasteiger partial charge on any atom is 0.163 e. The van der Waals surface area contributed by atoms with Crippen LogP contribution in [0.2, 0.25) is 0 Å². The van der Waals surface area contributed by atoms with Gasteiger partial charge in [0.25, 0.3) is 0 Å². The van der Waals surface area contributed by atoms with Gasteiger partial charge in [-0.05, 0) is 26.1 Å². The largest absolute Gasteiger partial charge is 0.368 e. The van der Waals surface area contributed by atoms with Gasteiger partial charge >= 0.3 is 0 Å². The number of fused-ring (bicyclic) bond motifs is 1. The van der Waals surface area contributed by atoms with E-state index in [1.54, 1.807) is 11.3 Å². The van der Waals surface area contributed by atoms with Gasteiger partial charge in [0.2, 0.25) is 0 Å². The molecule has 0 saturated heterocycles. The molecule has 1 aromatic carbocycles. The quantitative estimate of drug-likeness (QED) is 0.691. The van der Waals surface area contributed by atoms with Crippen LogP contribution in [0.3, 0.4) is 0 Å². The van der Waals surface area contributed by atoms with Gasteiger partial charge in [-0.1, -0.05) is 44.2 Å². The van der Waals surface area contributed by atoms with Gasteiger partial charge in [0.1, 0.15) is 10.6 Å². The molecule has 0 saturated carbocycles. The number of aryl methyl sites for hydroxylation is 1. The highest BCUT2D eigenvalue weighted by molar-refractivity contribution is 7.18. The third kappa shape index (κ3) is 3.74. The maximum absolute atomic E-state index is 4.80. The molecule has 2 aromatic heterocycles. The molecule has 0 fully saturated rings. The van der Waals surface area contributed by atoms with E-state index in [9.17, 15) is 0 Å². The number of aromatic nitrogens is 2. The lowest BCUT2D eigenvalue weighted by Crippen LogP contribution is -2.28. The lowest BCUT2D eigenvalue weighted by Gasteiger charge is -2.18. The van der Waals surface area contributed by atoms with Crippen LogP contribution in [-0.2, 0) is 0 Å². The van der Waals surface area contributed by atoms with Crippen LogP contribution in [0, 0.1) is 6.92 Å². The van der Waals surface area contributed by atoms with Crippen molar-refractivity contribution in [2.75, 3.05) is 31.5 Å². The molecule has 3 aromatic rings. The van der Waals surface area contributed by atoms with Crippen LogP contribution in [0.25, 0.3) is 21.6 Å². The van der Waals surface area contributed by atoms with Crippen LogP contribution in [0.5, 0.6) is 0 Å². The Morgan fingerprint density at radius 1 is 1.08 bits per heavy atom. The molecule has 0 radical (unpaired) electrons. The molecule has 1 N–H and O–H groups in total. The average Bonchev–Trinajstić information content (AvgIpc) is 2.99. The lowest BCUT2D eigenvalue weighted by atomic mass is 10.2. The number of hydrogen-bond acceptors (Lipinski definition) is 5. The summed E-state index contributed by atoms with van der Waals surface area (Å²) < 4.78 is 0. The number of thiophene rings is 1. The Bertz CT molecular complexity index is 794. The van der Waals surface area contributed by atoms with Crippen molar-refractivity contribution in [3.05, 3.63) is 41.3 Å². The fraction of sp³-hybridized carbons (Fsp3) is 0.368. The Balaban J connectivity index is 1.90. The first-order chi connectivity index (χ1) is 11.7. The van der Waals surface area contributed by atoms with Gasteiger partial charge in [-0.2, -0.15) is 0 Å². The minimum absolute atomic E-state index is 0.787. The van der Waals surface area contributed by atoms with Gasteiger partial charge in [0.05, 0.1) is 5.39 Å². The molecule has 2 heterocycles. The van der Waals surface area contributed by atoms with Crippen LogP contribution >= 0.6 is 11.3 Å². The molecule has 0 amide bonds. The zero-order valence-electron chi connectivity index (χ0n) is 14.5. The van der Waals surface area contributed by atoms with Crippen molar-refractivity contribution >= 4 is 27.4 Å². The summed E-state index contributed by atoms with van der Waals surface area (Å²) in [6.07, 6.45) is 0. The van der Waals surface area contributed by atoms with Gasteiger partial charge in [-0.25, -0.2) is 9.97 Å². The molecule has 0 aliphatic heterocycles. The Morgan fingerprint density at radius 2 is 1.83 bits per heavy atom. The van der Waals surface area contributed by atoms with Gasteiger partial charge in [0.15, 0.2) is 5.82 Å². The van der Waals surface area contributed by atoms with Crippen molar-refractivity contribution in [2.45, 2.75) is 20.8 Å². The van der Waals surface area contributed by atoms with E-state index in [0.29, 0.717) is 0 Å². The molecule has 0 bridgehead atoms. The smallest absolute Gasteiger partial charge is 0.163 e. The molecular formula is C19H24N4S. The number of anilines is 1. The van der Waals surface area contributed by atoms with Gasteiger partial charge in [-0.15, -0.1) is 11.3 Å². The summed E-state index contributed by atoms with van der Waals surface area (Å²) in [6, 6.07) is 12.4. The minimum Gasteiger partial charge on any atom is -0.368 e. The van der Waals surface area contributed by atoms with Crippen molar-refractivity contribution in [1.29, 1.82) is 0 Å². The van der Waals surface area contributed by atoms with E-state index in [4.69, 9.17) is 9.97 Å². The number of benzene rings is 1. The summed E-state index contributed by atoms with van der Waals surface area (Å²) in [5.74, 6) is 1.73. The molecule has 3 rings (SSSR count). The van der Waals surface area contributed by atoms with Crippen LogP contribution < -0.4 is 5.32 Å². The standard InChI is InChI=1S/C19H24N4S/c1-4-23(5-2)12-11-20-18-16-13-14(3)24-19(16)22-17(21-18)15-9-7-6-8-10-15/h6-10,13H,4-5,11-12H2,1-3H3,(H,20,21,22). The zero-order valence-corrected chi connectivity index (χ0v) is 15.4. The molecule has 4 nitrogen and oxygen atoms in total. The van der Waals surface area contributed by atoms with Crippen molar-refractivity contribution in [3.63, 3.8) is 0 Å². The van der Waals surface area contributed by atoms with E-state index in [-0.39, 0.29) is 0 Å². The zero-order chi connectivity index (χ0) is 16.9. The summed E-state index contributed by atoms with van der Waals surface area (Å²) in [6.45, 7) is 10.6. The molecule has 24 heavy (non-hydrogen) atoms. The van der Waals surface area contributed by atoms with Crippen LogP contribution in [0.4, 0.5) is 5.82 Å². The highest BCUT2D eigenvalue weighted by atomic mass is 32.1. The number of nitrogens with zero attached hydrogens (tertiary/aromatic N) is 3. The van der Waals surface area contributed by atoms with Crippen LogP contribution in [0.15, 0.2) is 36.4 Å². The van der Waals surface area contributed by atoms with E-state index in [1.807, 2.05) is 18.2 Å². The number of likely N-dealkylation sites (N-methyl/N-ethyl adjacent to an activating group) is 1. The van der Waals surface area contributed by atoms with Crippen molar-refractivity contribution in [2.24, 2.45) is 0 Å². The minimum atomic E-state index is 0.787. The van der Waals surface area contributed by atoms with Crippen LogP contribution in [0.1, 0.15) is 18.7 Å². The van der Waals surface area contributed by atoms with E-state index in [1.165, 1.54) is 4.88 Å². The first-order valence-electron chi connectivity index (χ1n) is 8.51. The highest BCUT2D eigenvalue weighted by Gasteiger charge is 2.12. The Labute approximate surface area is 147 Å². The van der Waals surface area contributed by atoms with E-state index in [0.717, 1.165) is 53.6 Å². The fourth-order valence-electron chi connectivity index (χ4n) is 2.77. The van der Waals surface area contributed by atoms with E-state index < -0.39 is 0 Å². The second-order valence-electron chi connectivity index (χ2n) is 5.79. The predicted molar refractivity (Wildman–Crippen MR) is 104 cm³/mol.